The molecule has 2 aromatic carbocycles. The van der Waals surface area contributed by atoms with Gasteiger partial charge >= 0.3 is 0 Å². The fraction of sp³-hybridized carbons (Fsp3) is 0.300. The molecule has 1 saturated heterocycles. The minimum Gasteiger partial charge on any atom is -0.338 e. The second-order valence-corrected chi connectivity index (χ2v) is 7.90. The topological polar surface area (TPSA) is 76.3 Å². The SMILES string of the molecule is Cc1cccc(C(=O)N2CCCC(c3nc4ccccc4s3)C2)c1[N+](=O)[O-]. The number of aryl methyl sites for hydroxylation is 1. The van der Waals surface area contributed by atoms with Crippen LogP contribution in [-0.4, -0.2) is 33.8 Å². The maximum atomic E-state index is 13.0. The Labute approximate surface area is 160 Å². The highest BCUT2D eigenvalue weighted by atomic mass is 32.1. The van der Waals surface area contributed by atoms with Crippen LogP contribution in [0.1, 0.15) is 39.7 Å². The van der Waals surface area contributed by atoms with Gasteiger partial charge in [-0.15, -0.1) is 11.3 Å². The molecule has 6 nitrogen and oxygen atoms in total. The Bertz CT molecular complexity index is 997. The van der Waals surface area contributed by atoms with E-state index >= 15 is 0 Å². The second kappa shape index (κ2) is 7.08. The molecule has 138 valence electrons. The Hall–Kier alpha value is -2.80. The number of hydrogen-bond acceptors (Lipinski definition) is 5. The first-order valence-electron chi connectivity index (χ1n) is 8.93. The summed E-state index contributed by atoms with van der Waals surface area (Å²) in [6.07, 6.45) is 1.84. The highest BCUT2D eigenvalue weighted by Crippen LogP contribution is 2.34. The van der Waals surface area contributed by atoms with Crippen LogP contribution in [0.5, 0.6) is 0 Å². The number of nitrogens with zero attached hydrogens (tertiary/aromatic N) is 3. The molecule has 1 atom stereocenters. The highest BCUT2D eigenvalue weighted by molar-refractivity contribution is 7.18. The van der Waals surface area contributed by atoms with E-state index in [-0.39, 0.29) is 23.1 Å². The third-order valence-electron chi connectivity index (χ3n) is 5.02. The predicted molar refractivity (Wildman–Crippen MR) is 105 cm³/mol. The third-order valence-corrected chi connectivity index (χ3v) is 6.22. The number of carbonyl (C=O) groups excluding carboxylic acids is 1. The lowest BCUT2D eigenvalue weighted by Gasteiger charge is -2.31. The molecule has 4 rings (SSSR count). The fourth-order valence-electron chi connectivity index (χ4n) is 3.67. The number of nitro groups is 1. The maximum absolute atomic E-state index is 13.0. The van der Waals surface area contributed by atoms with Gasteiger partial charge in [-0.3, -0.25) is 14.9 Å². The molecule has 0 radical (unpaired) electrons. The van der Waals surface area contributed by atoms with Gasteiger partial charge in [-0.1, -0.05) is 24.3 Å². The number of nitro benzene ring substituents is 1. The molecular formula is C20H19N3O3S. The zero-order valence-corrected chi connectivity index (χ0v) is 15.7. The van der Waals surface area contributed by atoms with Gasteiger partial charge in [0.05, 0.1) is 20.1 Å². The quantitative estimate of drug-likeness (QED) is 0.493. The van der Waals surface area contributed by atoms with E-state index in [1.54, 1.807) is 41.4 Å². The Morgan fingerprint density at radius 3 is 2.85 bits per heavy atom. The zero-order valence-electron chi connectivity index (χ0n) is 14.9. The summed E-state index contributed by atoms with van der Waals surface area (Å²) in [5, 5.41) is 12.5. The van der Waals surface area contributed by atoms with Gasteiger partial charge in [0, 0.05) is 24.6 Å². The van der Waals surface area contributed by atoms with Gasteiger partial charge < -0.3 is 4.90 Å². The molecule has 3 aromatic rings. The summed E-state index contributed by atoms with van der Waals surface area (Å²) >= 11 is 1.67. The van der Waals surface area contributed by atoms with Gasteiger partial charge in [0.25, 0.3) is 11.6 Å². The van der Waals surface area contributed by atoms with Crippen molar-refractivity contribution in [2.24, 2.45) is 0 Å². The molecule has 0 N–H and O–H groups in total. The molecule has 0 saturated carbocycles. The van der Waals surface area contributed by atoms with Crippen LogP contribution in [0.25, 0.3) is 10.2 Å². The number of benzene rings is 2. The van der Waals surface area contributed by atoms with Crippen LogP contribution >= 0.6 is 11.3 Å². The largest absolute Gasteiger partial charge is 0.338 e. The van der Waals surface area contributed by atoms with Gasteiger partial charge in [-0.25, -0.2) is 4.98 Å². The van der Waals surface area contributed by atoms with Crippen LogP contribution in [0.2, 0.25) is 0 Å². The summed E-state index contributed by atoms with van der Waals surface area (Å²) in [5.41, 5.74) is 1.57. The predicted octanol–water partition coefficient (Wildman–Crippen LogP) is 4.53. The number of piperidine rings is 1. The molecule has 2 heterocycles. The molecule has 1 aromatic heterocycles. The van der Waals surface area contributed by atoms with E-state index in [2.05, 4.69) is 6.07 Å². The van der Waals surface area contributed by atoms with Crippen LogP contribution in [0, 0.1) is 17.0 Å². The molecule has 27 heavy (non-hydrogen) atoms. The maximum Gasteiger partial charge on any atom is 0.285 e. The summed E-state index contributed by atoms with van der Waals surface area (Å²) in [5.74, 6) is -0.0971. The summed E-state index contributed by atoms with van der Waals surface area (Å²) in [4.78, 5) is 30.5. The number of thiazole rings is 1. The zero-order chi connectivity index (χ0) is 19.0. The van der Waals surface area contributed by atoms with Crippen LogP contribution < -0.4 is 0 Å². The van der Waals surface area contributed by atoms with Crippen molar-refractivity contribution in [3.63, 3.8) is 0 Å². The Balaban J connectivity index is 1.61. The first-order chi connectivity index (χ1) is 13.0. The number of aromatic nitrogens is 1. The van der Waals surface area contributed by atoms with E-state index in [1.807, 2.05) is 18.2 Å². The van der Waals surface area contributed by atoms with Gasteiger partial charge in [0.15, 0.2) is 0 Å². The van der Waals surface area contributed by atoms with Crippen LogP contribution in [0.3, 0.4) is 0 Å². The molecule has 1 fully saturated rings. The van der Waals surface area contributed by atoms with Crippen LogP contribution in [0.4, 0.5) is 5.69 Å². The number of hydrogen-bond donors (Lipinski definition) is 0. The van der Waals surface area contributed by atoms with E-state index in [1.165, 1.54) is 0 Å². The third kappa shape index (κ3) is 3.30. The molecule has 0 bridgehead atoms. The number of likely N-dealkylation sites (tertiary alicyclic amines) is 1. The van der Waals surface area contributed by atoms with Gasteiger partial charge in [-0.05, 0) is 38.0 Å². The van der Waals surface area contributed by atoms with E-state index in [0.29, 0.717) is 18.7 Å². The summed E-state index contributed by atoms with van der Waals surface area (Å²) in [7, 11) is 0. The number of fused-ring (bicyclic) bond motifs is 1. The molecule has 7 heteroatoms. The number of rotatable bonds is 3. The van der Waals surface area contributed by atoms with Crippen molar-refractivity contribution >= 4 is 33.1 Å². The standard InChI is InChI=1S/C20H19N3O3S/c1-13-6-4-8-15(18(13)23(25)26)20(24)22-11-5-7-14(12-22)19-21-16-9-2-3-10-17(16)27-19/h2-4,6,8-10,14H,5,7,11-12H2,1H3. The van der Waals surface area contributed by atoms with Gasteiger partial charge in [0.1, 0.15) is 5.56 Å². The minimum atomic E-state index is -0.461. The number of carbonyl (C=O) groups is 1. The molecule has 1 aliphatic heterocycles. The lowest BCUT2D eigenvalue weighted by molar-refractivity contribution is -0.385. The van der Waals surface area contributed by atoms with Gasteiger partial charge in [0.2, 0.25) is 0 Å². The average molecular weight is 381 g/mol. The van der Waals surface area contributed by atoms with Crippen molar-refractivity contribution < 1.29 is 9.72 Å². The molecular weight excluding hydrogens is 362 g/mol. The monoisotopic (exact) mass is 381 g/mol. The van der Waals surface area contributed by atoms with Crippen LogP contribution in [-0.2, 0) is 0 Å². The van der Waals surface area contributed by atoms with Crippen molar-refractivity contribution in [3.05, 3.63) is 68.7 Å². The summed E-state index contributed by atoms with van der Waals surface area (Å²) < 4.78 is 1.14. The first-order valence-corrected chi connectivity index (χ1v) is 9.75. The average Bonchev–Trinajstić information content (AvgIpc) is 3.11. The molecule has 1 unspecified atom stereocenters. The molecule has 0 aliphatic carbocycles. The van der Waals surface area contributed by atoms with Crippen molar-refractivity contribution in [1.29, 1.82) is 0 Å². The molecule has 0 spiro atoms. The summed E-state index contributed by atoms with van der Waals surface area (Å²) in [6.45, 7) is 2.82. The van der Waals surface area contributed by atoms with E-state index < -0.39 is 4.92 Å². The van der Waals surface area contributed by atoms with E-state index in [9.17, 15) is 14.9 Å². The van der Waals surface area contributed by atoms with Gasteiger partial charge in [-0.2, -0.15) is 0 Å². The van der Waals surface area contributed by atoms with Crippen LogP contribution in [0.15, 0.2) is 42.5 Å². The van der Waals surface area contributed by atoms with Crippen molar-refractivity contribution in [1.82, 2.24) is 9.88 Å². The fourth-order valence-corrected chi connectivity index (χ4v) is 4.77. The highest BCUT2D eigenvalue weighted by Gasteiger charge is 2.31. The molecule has 1 amide bonds. The molecule has 1 aliphatic rings. The smallest absolute Gasteiger partial charge is 0.285 e. The normalized spacial score (nSPS) is 17.2. The number of amides is 1. The van der Waals surface area contributed by atoms with Crippen molar-refractivity contribution in [2.45, 2.75) is 25.7 Å². The van der Waals surface area contributed by atoms with E-state index in [0.717, 1.165) is 28.1 Å². The number of para-hydroxylation sites is 2. The second-order valence-electron chi connectivity index (χ2n) is 6.84. The van der Waals surface area contributed by atoms with Crippen molar-refractivity contribution in [2.75, 3.05) is 13.1 Å². The Morgan fingerprint density at radius 1 is 1.26 bits per heavy atom. The van der Waals surface area contributed by atoms with E-state index in [4.69, 9.17) is 4.98 Å². The lowest BCUT2D eigenvalue weighted by Crippen LogP contribution is -2.39. The van der Waals surface area contributed by atoms with Crippen molar-refractivity contribution in [3.8, 4) is 0 Å². The Morgan fingerprint density at radius 2 is 2.07 bits per heavy atom. The lowest BCUT2D eigenvalue weighted by atomic mass is 9.97. The Kier molecular flexibility index (Phi) is 4.61. The summed E-state index contributed by atoms with van der Waals surface area (Å²) in [6, 6.07) is 12.9. The first kappa shape index (κ1) is 17.6. The minimum absolute atomic E-state index is 0.0930.